The van der Waals surface area contributed by atoms with E-state index in [0.29, 0.717) is 41.5 Å². The molecule has 0 fully saturated rings. The lowest BCUT2D eigenvalue weighted by molar-refractivity contribution is -0.116. The van der Waals surface area contributed by atoms with E-state index in [1.54, 1.807) is 36.4 Å². The summed E-state index contributed by atoms with van der Waals surface area (Å²) in [6.07, 6.45) is 3.01. The zero-order chi connectivity index (χ0) is 25.0. The summed E-state index contributed by atoms with van der Waals surface area (Å²) >= 11 is 0. The van der Waals surface area contributed by atoms with Crippen molar-refractivity contribution in [2.75, 3.05) is 31.5 Å². The monoisotopic (exact) mass is 476 g/mol. The molecule has 2 N–H and O–H groups in total. The van der Waals surface area contributed by atoms with Gasteiger partial charge in [-0.2, -0.15) is 0 Å². The Morgan fingerprint density at radius 1 is 0.829 bits per heavy atom. The first-order chi connectivity index (χ1) is 17.0. The number of anilines is 2. The largest absolute Gasteiger partial charge is 0.494 e. The Kier molecular flexibility index (Phi) is 9.54. The van der Waals surface area contributed by atoms with E-state index in [1.807, 2.05) is 18.2 Å². The molecule has 35 heavy (non-hydrogen) atoms. The number of aryl methyl sites for hydroxylation is 1. The third-order valence-electron chi connectivity index (χ3n) is 5.36. The predicted molar refractivity (Wildman–Crippen MR) is 138 cm³/mol. The number of carbonyl (C=O) groups is 2. The highest BCUT2D eigenvalue weighted by Gasteiger charge is 2.16. The summed E-state index contributed by atoms with van der Waals surface area (Å²) in [4.78, 5) is 25.1. The van der Waals surface area contributed by atoms with Crippen molar-refractivity contribution in [1.29, 1.82) is 0 Å². The van der Waals surface area contributed by atoms with Crippen LogP contribution in [0, 0.1) is 0 Å². The van der Waals surface area contributed by atoms with Gasteiger partial charge in [-0.05, 0) is 42.7 Å². The standard InChI is InChI=1S/C28H32N2O5/c1-4-9-20-13-15-22(16-14-20)35-17-8-12-27(31)29-23-18-26(34-3)24(19-25(23)33-2)30-28(32)21-10-6-5-7-11-21/h5-7,10-11,13-16,18-19H,4,8-9,12,17H2,1-3H3,(H,29,31)(H,30,32). The van der Waals surface area contributed by atoms with Crippen molar-refractivity contribution < 1.29 is 23.8 Å². The average molecular weight is 477 g/mol. The van der Waals surface area contributed by atoms with Crippen molar-refractivity contribution in [1.82, 2.24) is 0 Å². The fraction of sp³-hybridized carbons (Fsp3) is 0.286. The van der Waals surface area contributed by atoms with Crippen LogP contribution in [0.25, 0.3) is 0 Å². The SMILES string of the molecule is CCCc1ccc(OCCCC(=O)Nc2cc(OC)c(NC(=O)c3ccccc3)cc2OC)cc1. The maximum absolute atomic E-state index is 12.6. The van der Waals surface area contributed by atoms with Crippen LogP contribution in [0.15, 0.2) is 66.7 Å². The lowest BCUT2D eigenvalue weighted by atomic mass is 10.1. The summed E-state index contributed by atoms with van der Waals surface area (Å²) in [6, 6.07) is 20.2. The van der Waals surface area contributed by atoms with E-state index in [9.17, 15) is 9.59 Å². The molecule has 0 aliphatic heterocycles. The molecule has 2 amide bonds. The van der Waals surface area contributed by atoms with E-state index in [1.165, 1.54) is 19.8 Å². The molecule has 0 bridgehead atoms. The molecule has 184 valence electrons. The summed E-state index contributed by atoms with van der Waals surface area (Å²) in [5, 5.41) is 5.68. The molecule has 0 aliphatic carbocycles. The van der Waals surface area contributed by atoms with Gasteiger partial charge in [-0.15, -0.1) is 0 Å². The van der Waals surface area contributed by atoms with Gasteiger partial charge in [0.2, 0.25) is 5.91 Å². The Balaban J connectivity index is 1.56. The van der Waals surface area contributed by atoms with Crippen molar-refractivity contribution >= 4 is 23.2 Å². The van der Waals surface area contributed by atoms with E-state index in [2.05, 4.69) is 29.7 Å². The summed E-state index contributed by atoms with van der Waals surface area (Å²) in [5.41, 5.74) is 2.70. The molecule has 0 atom stereocenters. The van der Waals surface area contributed by atoms with Crippen LogP contribution in [-0.2, 0) is 11.2 Å². The lowest BCUT2D eigenvalue weighted by Gasteiger charge is -2.16. The van der Waals surface area contributed by atoms with Gasteiger partial charge in [0.05, 0.1) is 32.2 Å². The maximum atomic E-state index is 12.6. The highest BCUT2D eigenvalue weighted by atomic mass is 16.5. The van der Waals surface area contributed by atoms with Gasteiger partial charge < -0.3 is 24.8 Å². The Morgan fingerprint density at radius 3 is 2.06 bits per heavy atom. The molecule has 3 rings (SSSR count). The predicted octanol–water partition coefficient (Wildman–Crippen LogP) is 5.71. The quantitative estimate of drug-likeness (QED) is 0.327. The highest BCUT2D eigenvalue weighted by Crippen LogP contribution is 2.36. The number of methoxy groups -OCH3 is 2. The number of nitrogens with one attached hydrogen (secondary N) is 2. The first kappa shape index (κ1) is 25.6. The molecule has 0 aliphatic rings. The van der Waals surface area contributed by atoms with Crippen LogP contribution >= 0.6 is 0 Å². The second-order valence-electron chi connectivity index (χ2n) is 7.97. The summed E-state index contributed by atoms with van der Waals surface area (Å²) in [5.74, 6) is 1.16. The van der Waals surface area contributed by atoms with Crippen LogP contribution in [0.4, 0.5) is 11.4 Å². The van der Waals surface area contributed by atoms with Crippen LogP contribution in [-0.4, -0.2) is 32.6 Å². The third kappa shape index (κ3) is 7.50. The van der Waals surface area contributed by atoms with Crippen LogP contribution in [0.3, 0.4) is 0 Å². The number of rotatable bonds is 12. The van der Waals surface area contributed by atoms with Gasteiger partial charge in [0, 0.05) is 24.1 Å². The number of hydrogen-bond donors (Lipinski definition) is 2. The minimum atomic E-state index is -0.275. The third-order valence-corrected chi connectivity index (χ3v) is 5.36. The molecular formula is C28H32N2O5. The molecule has 0 aromatic heterocycles. The molecule has 3 aromatic carbocycles. The highest BCUT2D eigenvalue weighted by molar-refractivity contribution is 6.05. The number of hydrogen-bond acceptors (Lipinski definition) is 5. The smallest absolute Gasteiger partial charge is 0.255 e. The first-order valence-corrected chi connectivity index (χ1v) is 11.7. The van der Waals surface area contributed by atoms with E-state index < -0.39 is 0 Å². The number of amides is 2. The molecular weight excluding hydrogens is 444 g/mol. The molecule has 7 heteroatoms. The second-order valence-corrected chi connectivity index (χ2v) is 7.97. The lowest BCUT2D eigenvalue weighted by Crippen LogP contribution is -2.15. The van der Waals surface area contributed by atoms with E-state index in [0.717, 1.165) is 18.6 Å². The molecule has 0 saturated heterocycles. The normalized spacial score (nSPS) is 10.4. The Bertz CT molecular complexity index is 1110. The molecule has 0 radical (unpaired) electrons. The molecule has 3 aromatic rings. The van der Waals surface area contributed by atoms with Crippen molar-refractivity contribution in [3.63, 3.8) is 0 Å². The van der Waals surface area contributed by atoms with E-state index in [4.69, 9.17) is 14.2 Å². The van der Waals surface area contributed by atoms with Crippen molar-refractivity contribution in [3.8, 4) is 17.2 Å². The van der Waals surface area contributed by atoms with Gasteiger partial charge in [-0.1, -0.05) is 43.7 Å². The Labute approximate surface area is 206 Å². The summed E-state index contributed by atoms with van der Waals surface area (Å²) in [6.45, 7) is 2.59. The van der Waals surface area contributed by atoms with Crippen LogP contribution in [0.2, 0.25) is 0 Å². The van der Waals surface area contributed by atoms with Crippen molar-refractivity contribution in [3.05, 3.63) is 77.9 Å². The van der Waals surface area contributed by atoms with E-state index >= 15 is 0 Å². The fourth-order valence-corrected chi connectivity index (χ4v) is 3.55. The number of carbonyl (C=O) groups excluding carboxylic acids is 2. The maximum Gasteiger partial charge on any atom is 0.255 e. The van der Waals surface area contributed by atoms with Gasteiger partial charge in [0.15, 0.2) is 0 Å². The van der Waals surface area contributed by atoms with Gasteiger partial charge >= 0.3 is 0 Å². The minimum absolute atomic E-state index is 0.173. The van der Waals surface area contributed by atoms with Gasteiger partial charge in [0.1, 0.15) is 17.2 Å². The van der Waals surface area contributed by atoms with Crippen LogP contribution in [0.5, 0.6) is 17.2 Å². The van der Waals surface area contributed by atoms with Gasteiger partial charge in [-0.25, -0.2) is 0 Å². The fourth-order valence-electron chi connectivity index (χ4n) is 3.55. The Hall–Kier alpha value is -4.00. The number of ether oxygens (including phenoxy) is 3. The average Bonchev–Trinajstić information content (AvgIpc) is 2.88. The molecule has 0 saturated carbocycles. The summed E-state index contributed by atoms with van der Waals surface area (Å²) < 4.78 is 16.6. The second kappa shape index (κ2) is 13.0. The van der Waals surface area contributed by atoms with Gasteiger partial charge in [-0.3, -0.25) is 9.59 Å². The topological polar surface area (TPSA) is 85.9 Å². The zero-order valence-electron chi connectivity index (χ0n) is 20.4. The van der Waals surface area contributed by atoms with Crippen molar-refractivity contribution in [2.45, 2.75) is 32.6 Å². The van der Waals surface area contributed by atoms with Crippen LogP contribution in [0.1, 0.15) is 42.1 Å². The van der Waals surface area contributed by atoms with Gasteiger partial charge in [0.25, 0.3) is 5.91 Å². The zero-order valence-corrected chi connectivity index (χ0v) is 20.4. The minimum Gasteiger partial charge on any atom is -0.494 e. The molecule has 7 nitrogen and oxygen atoms in total. The van der Waals surface area contributed by atoms with Crippen LogP contribution < -0.4 is 24.8 Å². The molecule has 0 spiro atoms. The van der Waals surface area contributed by atoms with E-state index in [-0.39, 0.29) is 18.2 Å². The first-order valence-electron chi connectivity index (χ1n) is 11.7. The molecule has 0 unspecified atom stereocenters. The number of benzene rings is 3. The molecule has 0 heterocycles. The Morgan fingerprint density at radius 2 is 1.46 bits per heavy atom. The van der Waals surface area contributed by atoms with Crippen molar-refractivity contribution in [2.24, 2.45) is 0 Å². The summed E-state index contributed by atoms with van der Waals surface area (Å²) in [7, 11) is 3.00.